The van der Waals surface area contributed by atoms with Crippen LogP contribution in [0.5, 0.6) is 0 Å². The third-order valence-electron chi connectivity index (χ3n) is 6.28. The molecule has 0 unspecified atom stereocenters. The molecule has 4 aromatic rings. The van der Waals surface area contributed by atoms with E-state index < -0.39 is 0 Å². The Morgan fingerprint density at radius 2 is 2.09 bits per heavy atom. The van der Waals surface area contributed by atoms with E-state index in [0.717, 1.165) is 48.4 Å². The number of aryl methyl sites for hydroxylation is 1. The molecule has 0 spiro atoms. The lowest BCUT2D eigenvalue weighted by atomic mass is 10.1. The molecule has 1 aliphatic heterocycles. The minimum absolute atomic E-state index is 0.103. The van der Waals surface area contributed by atoms with E-state index in [4.69, 9.17) is 16.6 Å². The second kappa shape index (κ2) is 8.61. The second-order valence-electron chi connectivity index (χ2n) is 8.38. The first-order chi connectivity index (χ1) is 16.0. The van der Waals surface area contributed by atoms with Gasteiger partial charge in [-0.2, -0.15) is 10.2 Å². The van der Waals surface area contributed by atoms with E-state index in [1.54, 1.807) is 24.1 Å². The Bertz CT molecular complexity index is 1360. The molecule has 0 fully saturated rings. The van der Waals surface area contributed by atoms with E-state index in [2.05, 4.69) is 22.4 Å². The first-order valence-corrected chi connectivity index (χ1v) is 11.5. The molecule has 8 nitrogen and oxygen atoms in total. The van der Waals surface area contributed by atoms with E-state index >= 15 is 0 Å². The van der Waals surface area contributed by atoms with E-state index in [1.165, 1.54) is 5.56 Å². The van der Waals surface area contributed by atoms with Crippen LogP contribution in [0, 0.1) is 6.92 Å². The van der Waals surface area contributed by atoms with Crippen molar-refractivity contribution in [3.05, 3.63) is 69.8 Å². The number of carbonyl (C=O) groups excluding carboxylic acids is 1. The number of pyridine rings is 1. The van der Waals surface area contributed by atoms with Crippen molar-refractivity contribution in [1.82, 2.24) is 34.8 Å². The number of nitrogens with one attached hydrogen (secondary N) is 1. The van der Waals surface area contributed by atoms with Crippen LogP contribution >= 0.6 is 11.6 Å². The van der Waals surface area contributed by atoms with Gasteiger partial charge in [-0.05, 0) is 56.6 Å². The van der Waals surface area contributed by atoms with Crippen LogP contribution in [0.2, 0.25) is 5.02 Å². The van der Waals surface area contributed by atoms with Gasteiger partial charge in [0.1, 0.15) is 0 Å². The Morgan fingerprint density at radius 3 is 2.88 bits per heavy atom. The first kappa shape index (κ1) is 21.6. The van der Waals surface area contributed by atoms with Gasteiger partial charge in [-0.25, -0.2) is 9.67 Å². The zero-order valence-corrected chi connectivity index (χ0v) is 19.7. The van der Waals surface area contributed by atoms with Crippen LogP contribution in [-0.2, 0) is 26.1 Å². The fourth-order valence-electron chi connectivity index (χ4n) is 4.39. The van der Waals surface area contributed by atoms with Crippen LogP contribution in [-0.4, -0.2) is 48.9 Å². The largest absolute Gasteiger partial charge is 0.337 e. The van der Waals surface area contributed by atoms with Crippen molar-refractivity contribution >= 4 is 28.4 Å². The third-order valence-corrected chi connectivity index (χ3v) is 6.52. The van der Waals surface area contributed by atoms with Crippen LogP contribution in [0.3, 0.4) is 0 Å². The van der Waals surface area contributed by atoms with Crippen molar-refractivity contribution in [3.63, 3.8) is 0 Å². The summed E-state index contributed by atoms with van der Waals surface area (Å²) in [5, 5.41) is 13.7. The SMILES string of the molecule is CCn1ncc(CN(C)C(=O)c2cc(-n3ncc4c3CNCC4)nc3ccc(Cl)cc23)c1C. The number of amides is 1. The van der Waals surface area contributed by atoms with Gasteiger partial charge in [-0.1, -0.05) is 11.6 Å². The first-order valence-electron chi connectivity index (χ1n) is 11.1. The summed E-state index contributed by atoms with van der Waals surface area (Å²) >= 11 is 6.29. The molecule has 0 bridgehead atoms. The number of carbonyl (C=O) groups is 1. The van der Waals surface area contributed by atoms with E-state index in [0.29, 0.717) is 28.5 Å². The van der Waals surface area contributed by atoms with Crippen molar-refractivity contribution in [3.8, 4) is 5.82 Å². The summed E-state index contributed by atoms with van der Waals surface area (Å²) in [5.41, 5.74) is 5.63. The van der Waals surface area contributed by atoms with Crippen molar-refractivity contribution in [2.75, 3.05) is 13.6 Å². The van der Waals surface area contributed by atoms with Crippen molar-refractivity contribution in [2.24, 2.45) is 0 Å². The highest BCUT2D eigenvalue weighted by molar-refractivity contribution is 6.31. The molecular formula is C24H26ClN7O. The molecule has 9 heteroatoms. The van der Waals surface area contributed by atoms with Gasteiger partial charge in [0, 0.05) is 48.3 Å². The Morgan fingerprint density at radius 1 is 1.24 bits per heavy atom. The maximum Gasteiger partial charge on any atom is 0.254 e. The van der Waals surface area contributed by atoms with Crippen LogP contribution < -0.4 is 5.32 Å². The zero-order valence-electron chi connectivity index (χ0n) is 19.0. The number of nitrogens with zero attached hydrogens (tertiary/aromatic N) is 6. The van der Waals surface area contributed by atoms with Crippen molar-refractivity contribution in [1.29, 1.82) is 0 Å². The van der Waals surface area contributed by atoms with Crippen LogP contribution in [0.25, 0.3) is 16.7 Å². The number of hydrogen-bond acceptors (Lipinski definition) is 5. The van der Waals surface area contributed by atoms with Gasteiger partial charge in [-0.15, -0.1) is 0 Å². The number of benzene rings is 1. The van der Waals surface area contributed by atoms with Crippen molar-refractivity contribution < 1.29 is 4.79 Å². The predicted molar refractivity (Wildman–Crippen MR) is 128 cm³/mol. The fraction of sp³-hybridized carbons (Fsp3) is 0.333. The lowest BCUT2D eigenvalue weighted by molar-refractivity contribution is 0.0786. The van der Waals surface area contributed by atoms with Gasteiger partial charge in [0.2, 0.25) is 0 Å². The lowest BCUT2D eigenvalue weighted by Gasteiger charge is -2.20. The monoisotopic (exact) mass is 463 g/mol. The summed E-state index contributed by atoms with van der Waals surface area (Å²) in [6, 6.07) is 7.26. The van der Waals surface area contributed by atoms with Gasteiger partial charge in [-0.3, -0.25) is 9.48 Å². The molecule has 170 valence electrons. The Labute approximate surface area is 197 Å². The summed E-state index contributed by atoms with van der Waals surface area (Å²) in [5.74, 6) is 0.523. The molecule has 1 amide bonds. The Kier molecular flexibility index (Phi) is 5.64. The number of aromatic nitrogens is 5. The topological polar surface area (TPSA) is 80.9 Å². The standard InChI is InChI=1S/C24H26ClN7O/c1-4-31-15(2)17(12-27-31)14-30(3)24(33)20-10-23(29-21-6-5-18(25)9-19(20)21)32-22-13-26-8-7-16(22)11-28-32/h5-6,9-12,26H,4,7-8,13-14H2,1-3H3. The number of halogens is 1. The highest BCUT2D eigenvalue weighted by Crippen LogP contribution is 2.27. The van der Waals surface area contributed by atoms with Gasteiger partial charge in [0.05, 0.1) is 29.2 Å². The van der Waals surface area contributed by atoms with E-state index in [-0.39, 0.29) is 5.91 Å². The van der Waals surface area contributed by atoms with Crippen molar-refractivity contribution in [2.45, 2.75) is 39.9 Å². The van der Waals surface area contributed by atoms with Crippen LogP contribution in [0.15, 0.2) is 36.7 Å². The number of fused-ring (bicyclic) bond motifs is 2. The average Bonchev–Trinajstić information content (AvgIpc) is 3.41. The molecule has 0 saturated carbocycles. The maximum atomic E-state index is 13.7. The summed E-state index contributed by atoms with van der Waals surface area (Å²) in [7, 11) is 1.81. The molecular weight excluding hydrogens is 438 g/mol. The fourth-order valence-corrected chi connectivity index (χ4v) is 4.57. The Balaban J connectivity index is 1.57. The average molecular weight is 464 g/mol. The normalized spacial score (nSPS) is 13.3. The highest BCUT2D eigenvalue weighted by Gasteiger charge is 2.22. The van der Waals surface area contributed by atoms with Gasteiger partial charge in [0.25, 0.3) is 5.91 Å². The van der Waals surface area contributed by atoms with Gasteiger partial charge < -0.3 is 10.2 Å². The summed E-state index contributed by atoms with van der Waals surface area (Å²) in [6.45, 7) is 6.99. The lowest BCUT2D eigenvalue weighted by Crippen LogP contribution is -2.27. The number of hydrogen-bond donors (Lipinski definition) is 1. The smallest absolute Gasteiger partial charge is 0.254 e. The minimum atomic E-state index is -0.103. The maximum absolute atomic E-state index is 13.7. The highest BCUT2D eigenvalue weighted by atomic mass is 35.5. The molecule has 33 heavy (non-hydrogen) atoms. The molecule has 1 N–H and O–H groups in total. The molecule has 0 saturated heterocycles. The quantitative estimate of drug-likeness (QED) is 0.489. The molecule has 1 aromatic carbocycles. The molecule has 0 radical (unpaired) electrons. The Hall–Kier alpha value is -3.23. The summed E-state index contributed by atoms with van der Waals surface area (Å²) in [4.78, 5) is 20.2. The van der Waals surface area contributed by atoms with Gasteiger partial charge in [0.15, 0.2) is 5.82 Å². The molecule has 4 heterocycles. The second-order valence-corrected chi connectivity index (χ2v) is 8.81. The predicted octanol–water partition coefficient (Wildman–Crippen LogP) is 3.52. The van der Waals surface area contributed by atoms with E-state index in [9.17, 15) is 4.79 Å². The summed E-state index contributed by atoms with van der Waals surface area (Å²) < 4.78 is 3.77. The molecule has 1 aliphatic rings. The molecule has 0 atom stereocenters. The molecule has 0 aliphatic carbocycles. The molecule has 5 rings (SSSR count). The van der Waals surface area contributed by atoms with Gasteiger partial charge >= 0.3 is 0 Å². The third kappa shape index (κ3) is 3.89. The molecule has 3 aromatic heterocycles. The zero-order chi connectivity index (χ0) is 23.1. The number of rotatable bonds is 5. The van der Waals surface area contributed by atoms with E-state index in [1.807, 2.05) is 40.8 Å². The minimum Gasteiger partial charge on any atom is -0.337 e. The van der Waals surface area contributed by atoms with Crippen LogP contribution in [0.4, 0.5) is 0 Å². The summed E-state index contributed by atoms with van der Waals surface area (Å²) in [6.07, 6.45) is 4.65. The van der Waals surface area contributed by atoms with Crippen LogP contribution in [0.1, 0.15) is 39.8 Å².